The number of carboxylic acid groups (broad SMARTS) is 1. The van der Waals surface area contributed by atoms with Crippen molar-refractivity contribution < 1.29 is 9.90 Å². The molecule has 2 aromatic rings. The molecule has 0 radical (unpaired) electrons. The molecule has 2 rings (SSSR count). The molecular formula is C13H9N3O2S. The molecule has 0 aliphatic rings. The van der Waals surface area contributed by atoms with Crippen LogP contribution in [0.3, 0.4) is 0 Å². The summed E-state index contributed by atoms with van der Waals surface area (Å²) >= 11 is 1.43. The van der Waals surface area contributed by atoms with Crippen LogP contribution in [0.15, 0.2) is 41.7 Å². The van der Waals surface area contributed by atoms with Crippen molar-refractivity contribution in [2.24, 2.45) is 0 Å². The molecule has 0 amide bonds. The van der Waals surface area contributed by atoms with Gasteiger partial charge < -0.3 is 5.11 Å². The number of nitrogens with zero attached hydrogens (tertiary/aromatic N) is 3. The van der Waals surface area contributed by atoms with Crippen molar-refractivity contribution in [1.82, 2.24) is 9.97 Å². The lowest BCUT2D eigenvalue weighted by atomic mass is 10.2. The van der Waals surface area contributed by atoms with E-state index in [0.29, 0.717) is 16.5 Å². The molecule has 19 heavy (non-hydrogen) atoms. The molecule has 0 aromatic carbocycles. The highest BCUT2D eigenvalue weighted by Crippen LogP contribution is 2.21. The number of rotatable bonds is 4. The molecule has 0 bridgehead atoms. The van der Waals surface area contributed by atoms with E-state index in [0.717, 1.165) is 5.56 Å². The third-order valence-electron chi connectivity index (χ3n) is 2.36. The van der Waals surface area contributed by atoms with Crippen LogP contribution in [0.2, 0.25) is 0 Å². The predicted octanol–water partition coefficient (Wildman–Crippen LogP) is 2.34. The number of thioether (sulfide) groups is 1. The maximum absolute atomic E-state index is 10.7. The van der Waals surface area contributed by atoms with Crippen molar-refractivity contribution in [3.05, 3.63) is 53.5 Å². The summed E-state index contributed by atoms with van der Waals surface area (Å²) in [6, 6.07) is 8.80. The van der Waals surface area contributed by atoms with Crippen LogP contribution in [-0.2, 0) is 5.75 Å². The van der Waals surface area contributed by atoms with Crippen molar-refractivity contribution in [2.75, 3.05) is 0 Å². The first-order valence-electron chi connectivity index (χ1n) is 5.37. The third-order valence-corrected chi connectivity index (χ3v) is 3.35. The van der Waals surface area contributed by atoms with Crippen molar-refractivity contribution in [3.63, 3.8) is 0 Å². The van der Waals surface area contributed by atoms with Crippen molar-refractivity contribution in [2.45, 2.75) is 10.8 Å². The van der Waals surface area contributed by atoms with E-state index >= 15 is 0 Å². The standard InChI is InChI=1S/C13H9N3O2S/c14-6-11-10(2-1-5-15-11)8-19-12-4-3-9(7-16-12)13(17)18/h1-5,7H,8H2,(H,17,18). The van der Waals surface area contributed by atoms with Crippen LogP contribution in [0.1, 0.15) is 21.6 Å². The molecular weight excluding hydrogens is 262 g/mol. The van der Waals surface area contributed by atoms with E-state index in [-0.39, 0.29) is 5.56 Å². The van der Waals surface area contributed by atoms with Crippen molar-refractivity contribution >= 4 is 17.7 Å². The number of aromatic nitrogens is 2. The molecule has 6 heteroatoms. The molecule has 0 saturated carbocycles. The predicted molar refractivity (Wildman–Crippen MR) is 69.7 cm³/mol. The fourth-order valence-corrected chi connectivity index (χ4v) is 2.23. The van der Waals surface area contributed by atoms with E-state index in [4.69, 9.17) is 10.4 Å². The minimum atomic E-state index is -0.997. The summed E-state index contributed by atoms with van der Waals surface area (Å²) in [6.07, 6.45) is 2.89. The molecule has 0 aliphatic carbocycles. The normalized spacial score (nSPS) is 9.84. The fraction of sp³-hybridized carbons (Fsp3) is 0.0769. The summed E-state index contributed by atoms with van der Waals surface area (Å²) in [6.45, 7) is 0. The van der Waals surface area contributed by atoms with E-state index in [1.807, 2.05) is 12.1 Å². The van der Waals surface area contributed by atoms with E-state index < -0.39 is 5.97 Å². The fourth-order valence-electron chi connectivity index (χ4n) is 1.40. The number of aromatic carboxylic acids is 1. The molecule has 94 valence electrons. The van der Waals surface area contributed by atoms with Crippen LogP contribution in [0.5, 0.6) is 0 Å². The molecule has 5 nitrogen and oxygen atoms in total. The van der Waals surface area contributed by atoms with Gasteiger partial charge in [-0.2, -0.15) is 5.26 Å². The summed E-state index contributed by atoms with van der Waals surface area (Å²) < 4.78 is 0. The third kappa shape index (κ3) is 3.30. The largest absolute Gasteiger partial charge is 0.478 e. The van der Waals surface area contributed by atoms with Crippen LogP contribution in [0.4, 0.5) is 0 Å². The lowest BCUT2D eigenvalue weighted by Gasteiger charge is -2.03. The van der Waals surface area contributed by atoms with E-state index in [2.05, 4.69) is 9.97 Å². The van der Waals surface area contributed by atoms with Gasteiger partial charge in [0.25, 0.3) is 0 Å². The number of carbonyl (C=O) groups is 1. The zero-order valence-electron chi connectivity index (χ0n) is 9.78. The van der Waals surface area contributed by atoms with Crippen LogP contribution < -0.4 is 0 Å². The average molecular weight is 271 g/mol. The van der Waals surface area contributed by atoms with Gasteiger partial charge in [0.15, 0.2) is 0 Å². The maximum atomic E-state index is 10.7. The highest BCUT2D eigenvalue weighted by molar-refractivity contribution is 7.98. The Morgan fingerprint density at radius 3 is 2.84 bits per heavy atom. The van der Waals surface area contributed by atoms with Crippen LogP contribution in [0.25, 0.3) is 0 Å². The average Bonchev–Trinajstić information content (AvgIpc) is 2.45. The maximum Gasteiger partial charge on any atom is 0.337 e. The van der Waals surface area contributed by atoms with Gasteiger partial charge in [-0.1, -0.05) is 6.07 Å². The van der Waals surface area contributed by atoms with E-state index in [1.54, 1.807) is 18.3 Å². The molecule has 0 unspecified atom stereocenters. The van der Waals surface area contributed by atoms with E-state index in [1.165, 1.54) is 24.0 Å². The Balaban J connectivity index is 2.06. The quantitative estimate of drug-likeness (QED) is 0.859. The lowest BCUT2D eigenvalue weighted by Crippen LogP contribution is -1.97. The zero-order chi connectivity index (χ0) is 13.7. The van der Waals surface area contributed by atoms with Gasteiger partial charge in [-0.05, 0) is 23.8 Å². The minimum Gasteiger partial charge on any atom is -0.478 e. The molecule has 2 heterocycles. The second-order valence-electron chi connectivity index (χ2n) is 3.60. The molecule has 1 N–H and O–H groups in total. The Morgan fingerprint density at radius 1 is 1.37 bits per heavy atom. The SMILES string of the molecule is N#Cc1ncccc1CSc1ccc(C(=O)O)cn1. The first-order chi connectivity index (χ1) is 9.20. The van der Waals surface area contributed by atoms with Gasteiger partial charge in [-0.25, -0.2) is 14.8 Å². The molecule has 0 aliphatic heterocycles. The number of pyridine rings is 2. The summed E-state index contributed by atoms with van der Waals surface area (Å²) in [7, 11) is 0. The number of carboxylic acids is 1. The van der Waals surface area contributed by atoms with Crippen molar-refractivity contribution in [1.29, 1.82) is 5.26 Å². The molecule has 0 saturated heterocycles. The van der Waals surface area contributed by atoms with Gasteiger partial charge in [-0.15, -0.1) is 11.8 Å². The first kappa shape index (κ1) is 13.1. The van der Waals surface area contributed by atoms with E-state index in [9.17, 15) is 4.79 Å². The Kier molecular flexibility index (Phi) is 4.11. The highest BCUT2D eigenvalue weighted by atomic mass is 32.2. The second kappa shape index (κ2) is 5.98. The van der Waals surface area contributed by atoms with Crippen molar-refractivity contribution in [3.8, 4) is 6.07 Å². The highest BCUT2D eigenvalue weighted by Gasteiger charge is 2.06. The van der Waals surface area contributed by atoms with Gasteiger partial charge in [-0.3, -0.25) is 0 Å². The number of hydrogen-bond acceptors (Lipinski definition) is 5. The Bertz CT molecular complexity index is 635. The van der Waals surface area contributed by atoms with Gasteiger partial charge in [0, 0.05) is 18.1 Å². The second-order valence-corrected chi connectivity index (χ2v) is 4.60. The smallest absolute Gasteiger partial charge is 0.337 e. The number of hydrogen-bond donors (Lipinski definition) is 1. The van der Waals surface area contributed by atoms with Gasteiger partial charge in [0.2, 0.25) is 0 Å². The minimum absolute atomic E-state index is 0.156. The van der Waals surface area contributed by atoms with Crippen LogP contribution >= 0.6 is 11.8 Å². The summed E-state index contributed by atoms with van der Waals surface area (Å²) in [5, 5.41) is 18.4. The number of nitriles is 1. The zero-order valence-corrected chi connectivity index (χ0v) is 10.6. The molecule has 2 aromatic heterocycles. The Morgan fingerprint density at radius 2 is 2.21 bits per heavy atom. The topological polar surface area (TPSA) is 86.9 Å². The van der Waals surface area contributed by atoms with Gasteiger partial charge in [0.05, 0.1) is 10.6 Å². The van der Waals surface area contributed by atoms with Gasteiger partial charge >= 0.3 is 5.97 Å². The van der Waals surface area contributed by atoms with Crippen LogP contribution in [-0.4, -0.2) is 21.0 Å². The molecule has 0 atom stereocenters. The summed E-state index contributed by atoms with van der Waals surface area (Å²) in [5.41, 5.74) is 1.39. The summed E-state index contributed by atoms with van der Waals surface area (Å²) in [4.78, 5) is 18.7. The molecule has 0 fully saturated rings. The van der Waals surface area contributed by atoms with Crippen LogP contribution in [0, 0.1) is 11.3 Å². The lowest BCUT2D eigenvalue weighted by molar-refractivity contribution is 0.0696. The van der Waals surface area contributed by atoms with Gasteiger partial charge in [0.1, 0.15) is 11.8 Å². The molecule has 0 spiro atoms. The Labute approximate surface area is 113 Å². The first-order valence-corrected chi connectivity index (χ1v) is 6.35. The monoisotopic (exact) mass is 271 g/mol. The summed E-state index contributed by atoms with van der Waals surface area (Å²) in [5.74, 6) is -0.432. The Hall–Kier alpha value is -2.39.